The zero-order valence-corrected chi connectivity index (χ0v) is 23.4. The number of anilines is 1. The van der Waals surface area contributed by atoms with E-state index in [0.717, 1.165) is 5.56 Å². The largest absolute Gasteiger partial charge is 0.493 e. The van der Waals surface area contributed by atoms with E-state index in [-0.39, 0.29) is 22.8 Å². The summed E-state index contributed by atoms with van der Waals surface area (Å²) in [5.74, 6) is 0.932. The number of amides is 1. The van der Waals surface area contributed by atoms with Gasteiger partial charge in [0, 0.05) is 23.6 Å². The lowest BCUT2D eigenvalue weighted by Gasteiger charge is -2.30. The summed E-state index contributed by atoms with van der Waals surface area (Å²) in [5, 5.41) is 7.04. The van der Waals surface area contributed by atoms with Crippen molar-refractivity contribution in [3.63, 3.8) is 0 Å². The number of esters is 1. The Labute approximate surface area is 228 Å². The molecule has 39 heavy (non-hydrogen) atoms. The number of hydrogen-bond acceptors (Lipinski definition) is 9. The summed E-state index contributed by atoms with van der Waals surface area (Å²) < 4.78 is 21.0. The molecule has 1 aliphatic rings. The second kappa shape index (κ2) is 11.9. The number of likely N-dealkylation sites (tertiary alicyclic amines) is 1. The molecule has 0 saturated carbocycles. The van der Waals surface area contributed by atoms with Crippen LogP contribution in [0.1, 0.15) is 55.4 Å². The molecular weight excluding hydrogens is 500 g/mol. The lowest BCUT2D eigenvalue weighted by atomic mass is 9.87. The van der Waals surface area contributed by atoms with Crippen LogP contribution in [0.5, 0.6) is 11.5 Å². The molecule has 0 spiro atoms. The molecule has 0 unspecified atom stereocenters. The summed E-state index contributed by atoms with van der Waals surface area (Å²) in [4.78, 5) is 32.2. The van der Waals surface area contributed by atoms with E-state index in [1.165, 1.54) is 33.0 Å². The summed E-state index contributed by atoms with van der Waals surface area (Å²) in [7, 11) is 4.26. The summed E-state index contributed by atoms with van der Waals surface area (Å²) in [6, 6.07) is 11.3. The predicted octanol–water partition coefficient (Wildman–Crippen LogP) is 4.69. The van der Waals surface area contributed by atoms with Gasteiger partial charge < -0.3 is 24.1 Å². The number of rotatable bonds is 8. The summed E-state index contributed by atoms with van der Waals surface area (Å²) >= 11 is 0. The van der Waals surface area contributed by atoms with E-state index in [9.17, 15) is 9.59 Å². The Morgan fingerprint density at radius 1 is 1.03 bits per heavy atom. The molecule has 2 heterocycles. The molecule has 1 aliphatic heterocycles. The zero-order chi connectivity index (χ0) is 28.2. The Bertz CT molecular complexity index is 1300. The molecule has 1 aromatic heterocycles. The van der Waals surface area contributed by atoms with Gasteiger partial charge in [0.2, 0.25) is 17.6 Å². The van der Waals surface area contributed by atoms with E-state index in [1.807, 2.05) is 12.1 Å². The fraction of sp³-hybridized carbons (Fsp3) is 0.448. The first-order chi connectivity index (χ1) is 18.6. The van der Waals surface area contributed by atoms with Gasteiger partial charge in [-0.05, 0) is 36.9 Å². The first kappa shape index (κ1) is 28.1. The Kier molecular flexibility index (Phi) is 8.54. The molecule has 0 aliphatic carbocycles. The van der Waals surface area contributed by atoms with Gasteiger partial charge >= 0.3 is 5.97 Å². The zero-order valence-electron chi connectivity index (χ0n) is 23.4. The van der Waals surface area contributed by atoms with Crippen LogP contribution in [0.4, 0.5) is 5.69 Å². The quantitative estimate of drug-likeness (QED) is 0.409. The highest BCUT2D eigenvalue weighted by atomic mass is 16.5. The number of aromatic nitrogens is 2. The Morgan fingerprint density at radius 3 is 2.26 bits per heavy atom. The number of nitrogens with one attached hydrogen (secondary N) is 1. The molecule has 3 aromatic rings. The molecular formula is C29H36N4O6. The van der Waals surface area contributed by atoms with Gasteiger partial charge in [-0.25, -0.2) is 4.79 Å². The van der Waals surface area contributed by atoms with Crippen molar-refractivity contribution in [1.29, 1.82) is 0 Å². The smallest absolute Gasteiger partial charge is 0.340 e. The van der Waals surface area contributed by atoms with Crippen molar-refractivity contribution >= 4 is 17.6 Å². The molecule has 208 valence electrons. The van der Waals surface area contributed by atoms with Crippen LogP contribution in [0.2, 0.25) is 0 Å². The number of piperidine rings is 1. The van der Waals surface area contributed by atoms with E-state index in [1.54, 1.807) is 6.07 Å². The first-order valence-corrected chi connectivity index (χ1v) is 12.9. The standard InChI is InChI=1S/C29H36N4O6/c1-29(2,3)20-9-7-18(8-10-20)26-31-25(39-32-26)17-33-13-11-19(12-14-33)27(34)30-22-16-24(37-5)23(36-4)15-21(22)28(35)38-6/h7-10,15-16,19H,11-14,17H2,1-6H3,(H,30,34). The van der Waals surface area contributed by atoms with Gasteiger partial charge in [-0.3, -0.25) is 9.69 Å². The highest BCUT2D eigenvalue weighted by molar-refractivity contribution is 6.02. The maximum atomic E-state index is 13.1. The van der Waals surface area contributed by atoms with Crippen LogP contribution in [0.15, 0.2) is 40.9 Å². The topological polar surface area (TPSA) is 116 Å². The molecule has 4 rings (SSSR count). The van der Waals surface area contributed by atoms with Crippen LogP contribution in [0.3, 0.4) is 0 Å². The van der Waals surface area contributed by atoms with E-state index in [2.05, 4.69) is 53.3 Å². The Morgan fingerprint density at radius 2 is 1.67 bits per heavy atom. The van der Waals surface area contributed by atoms with Crippen molar-refractivity contribution < 1.29 is 28.3 Å². The van der Waals surface area contributed by atoms with Crippen LogP contribution in [0, 0.1) is 5.92 Å². The van der Waals surface area contributed by atoms with Crippen molar-refractivity contribution in [2.75, 3.05) is 39.7 Å². The van der Waals surface area contributed by atoms with Crippen LogP contribution in [-0.2, 0) is 21.5 Å². The molecule has 1 N–H and O–H groups in total. The van der Waals surface area contributed by atoms with E-state index >= 15 is 0 Å². The maximum Gasteiger partial charge on any atom is 0.340 e. The molecule has 0 bridgehead atoms. The molecule has 1 amide bonds. The minimum atomic E-state index is -0.579. The normalized spacial score (nSPS) is 14.6. The van der Waals surface area contributed by atoms with Gasteiger partial charge in [-0.1, -0.05) is 50.2 Å². The van der Waals surface area contributed by atoms with Gasteiger partial charge in [0.1, 0.15) is 0 Å². The van der Waals surface area contributed by atoms with Gasteiger partial charge in [0.15, 0.2) is 11.5 Å². The summed E-state index contributed by atoms with van der Waals surface area (Å²) in [6.45, 7) is 8.45. The lowest BCUT2D eigenvalue weighted by molar-refractivity contribution is -0.121. The average Bonchev–Trinajstić information content (AvgIpc) is 3.40. The highest BCUT2D eigenvalue weighted by Gasteiger charge is 2.28. The second-order valence-corrected chi connectivity index (χ2v) is 10.6. The fourth-order valence-electron chi connectivity index (χ4n) is 4.60. The van der Waals surface area contributed by atoms with Crippen LogP contribution < -0.4 is 14.8 Å². The molecule has 10 heteroatoms. The molecule has 10 nitrogen and oxygen atoms in total. The van der Waals surface area contributed by atoms with E-state index < -0.39 is 5.97 Å². The van der Waals surface area contributed by atoms with Gasteiger partial charge in [0.05, 0.1) is 39.1 Å². The molecule has 1 saturated heterocycles. The summed E-state index contributed by atoms with van der Waals surface area (Å²) in [6.07, 6.45) is 1.31. The Hall–Kier alpha value is -3.92. The molecule has 1 fully saturated rings. The SMILES string of the molecule is COC(=O)c1cc(OC)c(OC)cc1NC(=O)C1CCN(Cc2nc(-c3ccc(C(C)(C)C)cc3)no2)CC1. The monoisotopic (exact) mass is 536 g/mol. The van der Waals surface area contributed by atoms with Crippen molar-refractivity contribution in [2.24, 2.45) is 5.92 Å². The van der Waals surface area contributed by atoms with Crippen LogP contribution in [0.25, 0.3) is 11.4 Å². The average molecular weight is 537 g/mol. The number of benzene rings is 2. The maximum absolute atomic E-state index is 13.1. The van der Waals surface area contributed by atoms with E-state index in [4.69, 9.17) is 18.7 Å². The van der Waals surface area contributed by atoms with Gasteiger partial charge in [-0.2, -0.15) is 4.98 Å². The summed E-state index contributed by atoms with van der Waals surface area (Å²) in [5.41, 5.74) is 2.75. The van der Waals surface area contributed by atoms with Crippen molar-refractivity contribution in [1.82, 2.24) is 15.0 Å². The van der Waals surface area contributed by atoms with Crippen molar-refractivity contribution in [3.05, 3.63) is 53.4 Å². The Balaban J connectivity index is 1.35. The lowest BCUT2D eigenvalue weighted by Crippen LogP contribution is -2.38. The highest BCUT2D eigenvalue weighted by Crippen LogP contribution is 2.34. The fourth-order valence-corrected chi connectivity index (χ4v) is 4.60. The second-order valence-electron chi connectivity index (χ2n) is 10.6. The number of hydrogen-bond donors (Lipinski definition) is 1. The minimum Gasteiger partial charge on any atom is -0.493 e. The van der Waals surface area contributed by atoms with Gasteiger partial charge in [-0.15, -0.1) is 0 Å². The third-order valence-electron chi connectivity index (χ3n) is 6.98. The molecule has 0 radical (unpaired) electrons. The number of ether oxygens (including phenoxy) is 3. The van der Waals surface area contributed by atoms with Crippen molar-refractivity contribution in [3.8, 4) is 22.9 Å². The first-order valence-electron chi connectivity index (χ1n) is 12.9. The van der Waals surface area contributed by atoms with Crippen LogP contribution >= 0.6 is 0 Å². The number of carbonyl (C=O) groups excluding carboxylic acids is 2. The predicted molar refractivity (Wildman–Crippen MR) is 146 cm³/mol. The van der Waals surface area contributed by atoms with Gasteiger partial charge in [0.25, 0.3) is 0 Å². The molecule has 0 atom stereocenters. The third kappa shape index (κ3) is 6.57. The third-order valence-corrected chi connectivity index (χ3v) is 6.98. The molecule has 2 aromatic carbocycles. The number of methoxy groups -OCH3 is 3. The number of nitrogens with zero attached hydrogens (tertiary/aromatic N) is 3. The van der Waals surface area contributed by atoms with E-state index in [0.29, 0.717) is 61.4 Å². The van der Waals surface area contributed by atoms with Crippen LogP contribution in [-0.4, -0.2) is 61.3 Å². The minimum absolute atomic E-state index is 0.0785. The number of carbonyl (C=O) groups is 2. The van der Waals surface area contributed by atoms with Crippen molar-refractivity contribution in [2.45, 2.75) is 45.6 Å².